The molecule has 2 atom stereocenters. The molecule has 1 fully saturated rings. The Morgan fingerprint density at radius 2 is 2.29 bits per heavy atom. The third kappa shape index (κ3) is 4.27. The highest BCUT2D eigenvalue weighted by molar-refractivity contribution is 7.11. The molecule has 0 radical (unpaired) electrons. The zero-order valence-electron chi connectivity index (χ0n) is 13.3. The molecular weight excluding hydrogens is 284 g/mol. The third-order valence-corrected chi connectivity index (χ3v) is 5.04. The van der Waals surface area contributed by atoms with E-state index in [1.54, 1.807) is 0 Å². The van der Waals surface area contributed by atoms with E-state index in [-0.39, 0.29) is 5.97 Å². The van der Waals surface area contributed by atoms with Gasteiger partial charge in [0.05, 0.1) is 12.3 Å². The predicted molar refractivity (Wildman–Crippen MR) is 86.0 cm³/mol. The molecule has 1 saturated heterocycles. The van der Waals surface area contributed by atoms with Crippen molar-refractivity contribution in [3.05, 3.63) is 16.1 Å². The first-order chi connectivity index (χ1) is 10.2. The van der Waals surface area contributed by atoms with E-state index in [1.807, 2.05) is 12.3 Å². The number of rotatable bonds is 6. The number of carbonyl (C=O) groups is 1. The van der Waals surface area contributed by atoms with E-state index in [2.05, 4.69) is 23.7 Å². The molecule has 1 aromatic heterocycles. The van der Waals surface area contributed by atoms with Gasteiger partial charge in [0.2, 0.25) is 5.01 Å². The van der Waals surface area contributed by atoms with Gasteiger partial charge >= 0.3 is 5.97 Å². The number of nitrogens with zero attached hydrogens (tertiary/aromatic N) is 2. The fourth-order valence-corrected chi connectivity index (χ4v) is 3.64. The quantitative estimate of drug-likeness (QED) is 0.752. The zero-order valence-corrected chi connectivity index (χ0v) is 14.1. The van der Waals surface area contributed by atoms with Crippen molar-refractivity contribution in [1.82, 2.24) is 9.88 Å². The lowest BCUT2D eigenvalue weighted by Gasteiger charge is -2.37. The van der Waals surface area contributed by atoms with Crippen molar-refractivity contribution >= 4 is 17.3 Å². The van der Waals surface area contributed by atoms with Crippen molar-refractivity contribution in [3.63, 3.8) is 0 Å². The highest BCUT2D eigenvalue weighted by Gasteiger charge is 2.28. The van der Waals surface area contributed by atoms with Gasteiger partial charge in [0.1, 0.15) is 0 Å². The van der Waals surface area contributed by atoms with Crippen LogP contribution in [0.1, 0.15) is 67.9 Å². The van der Waals surface area contributed by atoms with Gasteiger partial charge in [-0.05, 0) is 39.7 Å². The standard InChI is InChI=1S/C16H26N2O2S/c1-4-6-9-18-10-13(8-7-12(18)3)14-11-21-15(17-14)16(19)20-5-2/h11-13H,4-10H2,1-3H3/t12-,13?/m1/s1. The minimum absolute atomic E-state index is 0.291. The topological polar surface area (TPSA) is 42.4 Å². The van der Waals surface area contributed by atoms with Crippen molar-refractivity contribution in [3.8, 4) is 0 Å². The molecule has 5 heteroatoms. The van der Waals surface area contributed by atoms with E-state index in [1.165, 1.54) is 37.1 Å². The first-order valence-electron chi connectivity index (χ1n) is 8.02. The second-order valence-electron chi connectivity index (χ2n) is 5.77. The highest BCUT2D eigenvalue weighted by Crippen LogP contribution is 2.31. The molecule has 1 aliphatic rings. The van der Waals surface area contributed by atoms with E-state index in [0.29, 0.717) is 23.6 Å². The van der Waals surface area contributed by atoms with Crippen LogP contribution in [0.25, 0.3) is 0 Å². The maximum atomic E-state index is 11.7. The van der Waals surface area contributed by atoms with Crippen LogP contribution in [0.15, 0.2) is 5.38 Å². The van der Waals surface area contributed by atoms with Crippen LogP contribution in [0.4, 0.5) is 0 Å². The summed E-state index contributed by atoms with van der Waals surface area (Å²) in [5, 5.41) is 2.52. The summed E-state index contributed by atoms with van der Waals surface area (Å²) in [6.07, 6.45) is 4.86. The lowest BCUT2D eigenvalue weighted by molar-refractivity contribution is 0.0525. The van der Waals surface area contributed by atoms with E-state index < -0.39 is 0 Å². The van der Waals surface area contributed by atoms with Crippen LogP contribution in [0.5, 0.6) is 0 Å². The molecule has 1 unspecified atom stereocenters. The Hall–Kier alpha value is -0.940. The fourth-order valence-electron chi connectivity index (χ4n) is 2.85. The van der Waals surface area contributed by atoms with Gasteiger partial charge in [-0.15, -0.1) is 11.3 Å². The van der Waals surface area contributed by atoms with Gasteiger partial charge in [0.15, 0.2) is 0 Å². The molecule has 0 bridgehead atoms. The van der Waals surface area contributed by atoms with Crippen molar-refractivity contribution < 1.29 is 9.53 Å². The summed E-state index contributed by atoms with van der Waals surface area (Å²) in [5.41, 5.74) is 1.07. The van der Waals surface area contributed by atoms with E-state index >= 15 is 0 Å². The number of aromatic nitrogens is 1. The summed E-state index contributed by atoms with van der Waals surface area (Å²) in [4.78, 5) is 18.8. The molecule has 4 nitrogen and oxygen atoms in total. The largest absolute Gasteiger partial charge is 0.461 e. The number of carbonyl (C=O) groups excluding carboxylic acids is 1. The Morgan fingerprint density at radius 1 is 1.48 bits per heavy atom. The molecule has 0 saturated carbocycles. The predicted octanol–water partition coefficient (Wildman–Crippen LogP) is 3.69. The summed E-state index contributed by atoms with van der Waals surface area (Å²) < 4.78 is 5.02. The van der Waals surface area contributed by atoms with Crippen molar-refractivity contribution in [2.45, 2.75) is 58.4 Å². The number of ether oxygens (including phenoxy) is 1. The maximum absolute atomic E-state index is 11.7. The number of hydrogen-bond acceptors (Lipinski definition) is 5. The van der Waals surface area contributed by atoms with Gasteiger partial charge in [0.25, 0.3) is 0 Å². The van der Waals surface area contributed by atoms with Gasteiger partial charge in [-0.3, -0.25) is 4.90 Å². The maximum Gasteiger partial charge on any atom is 0.367 e. The number of piperidine rings is 1. The second-order valence-corrected chi connectivity index (χ2v) is 6.63. The number of unbranched alkanes of at least 4 members (excludes halogenated alkanes) is 1. The van der Waals surface area contributed by atoms with Crippen LogP contribution in [-0.4, -0.2) is 41.6 Å². The number of hydrogen-bond donors (Lipinski definition) is 0. The number of thiazole rings is 1. The van der Waals surface area contributed by atoms with Gasteiger partial charge in [-0.1, -0.05) is 13.3 Å². The second kappa shape index (κ2) is 7.90. The normalized spacial score (nSPS) is 23.2. The Bertz CT molecular complexity index is 461. The highest BCUT2D eigenvalue weighted by atomic mass is 32.1. The van der Waals surface area contributed by atoms with E-state index in [9.17, 15) is 4.79 Å². The Morgan fingerprint density at radius 3 is 3.00 bits per heavy atom. The van der Waals surface area contributed by atoms with Gasteiger partial charge in [-0.25, -0.2) is 9.78 Å². The molecule has 0 N–H and O–H groups in total. The molecule has 2 heterocycles. The SMILES string of the molecule is CCCCN1CC(c2csc(C(=O)OCC)n2)CC[C@H]1C. The summed E-state index contributed by atoms with van der Waals surface area (Å²) in [6.45, 7) is 9.01. The lowest BCUT2D eigenvalue weighted by Crippen LogP contribution is -2.41. The van der Waals surface area contributed by atoms with E-state index in [0.717, 1.165) is 18.7 Å². The van der Waals surface area contributed by atoms with Gasteiger partial charge < -0.3 is 4.74 Å². The molecule has 0 spiro atoms. The molecule has 0 aliphatic carbocycles. The molecule has 2 rings (SSSR count). The molecule has 0 aromatic carbocycles. The average Bonchev–Trinajstić information content (AvgIpc) is 2.96. The average molecular weight is 310 g/mol. The molecule has 0 amide bonds. The fraction of sp³-hybridized carbons (Fsp3) is 0.750. The zero-order chi connectivity index (χ0) is 15.2. The molecule has 21 heavy (non-hydrogen) atoms. The van der Waals surface area contributed by atoms with Crippen LogP contribution in [-0.2, 0) is 4.74 Å². The number of esters is 1. The summed E-state index contributed by atoms with van der Waals surface area (Å²) in [6, 6.07) is 0.663. The minimum Gasteiger partial charge on any atom is -0.461 e. The van der Waals surface area contributed by atoms with Gasteiger partial charge in [0, 0.05) is 23.9 Å². The van der Waals surface area contributed by atoms with E-state index in [4.69, 9.17) is 4.74 Å². The molecular formula is C16H26N2O2S. The van der Waals surface area contributed by atoms with Crippen molar-refractivity contribution in [2.24, 2.45) is 0 Å². The summed E-state index contributed by atoms with van der Waals surface area (Å²) in [7, 11) is 0. The first kappa shape index (κ1) is 16.4. The third-order valence-electron chi connectivity index (χ3n) is 4.20. The lowest BCUT2D eigenvalue weighted by atomic mass is 9.91. The van der Waals surface area contributed by atoms with Gasteiger partial charge in [-0.2, -0.15) is 0 Å². The van der Waals surface area contributed by atoms with Crippen LogP contribution >= 0.6 is 11.3 Å². The summed E-state index contributed by atoms with van der Waals surface area (Å²) >= 11 is 1.41. The molecule has 1 aliphatic heterocycles. The molecule has 1 aromatic rings. The first-order valence-corrected chi connectivity index (χ1v) is 8.90. The number of likely N-dealkylation sites (tertiary alicyclic amines) is 1. The minimum atomic E-state index is -0.291. The monoisotopic (exact) mass is 310 g/mol. The Labute approximate surface area is 131 Å². The van der Waals surface area contributed by atoms with Crippen LogP contribution in [0.3, 0.4) is 0 Å². The van der Waals surface area contributed by atoms with Crippen molar-refractivity contribution in [1.29, 1.82) is 0 Å². The summed E-state index contributed by atoms with van der Waals surface area (Å²) in [5.74, 6) is 0.165. The van der Waals surface area contributed by atoms with Crippen LogP contribution < -0.4 is 0 Å². The van der Waals surface area contributed by atoms with Crippen molar-refractivity contribution in [2.75, 3.05) is 19.7 Å². The smallest absolute Gasteiger partial charge is 0.367 e. The Kier molecular flexibility index (Phi) is 6.18. The van der Waals surface area contributed by atoms with Crippen LogP contribution in [0.2, 0.25) is 0 Å². The van der Waals surface area contributed by atoms with Crippen LogP contribution in [0, 0.1) is 0 Å². The Balaban J connectivity index is 1.99. The molecule has 118 valence electrons.